The van der Waals surface area contributed by atoms with E-state index in [2.05, 4.69) is 9.71 Å². The van der Waals surface area contributed by atoms with Crippen LogP contribution in [0.5, 0.6) is 0 Å². The summed E-state index contributed by atoms with van der Waals surface area (Å²) in [7, 11) is -3.90. The number of benzene rings is 1. The predicted octanol–water partition coefficient (Wildman–Crippen LogP) is 1.65. The molecule has 19 heavy (non-hydrogen) atoms. The largest absolute Gasteiger partial charge is 0.399 e. The van der Waals surface area contributed by atoms with Gasteiger partial charge >= 0.3 is 0 Å². The van der Waals surface area contributed by atoms with Crippen LogP contribution in [0.25, 0.3) is 0 Å². The number of aryl methyl sites for hydroxylation is 1. The predicted molar refractivity (Wildman–Crippen MR) is 71.7 cm³/mol. The Morgan fingerprint density at radius 1 is 1.47 bits per heavy atom. The molecule has 0 atom stereocenters. The molecule has 0 fully saturated rings. The Morgan fingerprint density at radius 3 is 2.79 bits per heavy atom. The molecule has 1 aromatic heterocycles. The van der Waals surface area contributed by atoms with E-state index in [0.29, 0.717) is 0 Å². The molecule has 2 aromatic rings. The standard InChI is InChI=1S/C11H12FN3O2S2/c1-7-10(18-6-14-7)5-15-19(16,17)11-3-2-8(13)4-9(11)12/h2-4,6,15H,5,13H2,1H3. The summed E-state index contributed by atoms with van der Waals surface area (Å²) in [6.07, 6.45) is 0. The highest BCUT2D eigenvalue weighted by Gasteiger charge is 2.19. The Hall–Kier alpha value is -1.51. The summed E-state index contributed by atoms with van der Waals surface area (Å²) >= 11 is 1.34. The number of thiazole rings is 1. The molecule has 0 unspecified atom stereocenters. The monoisotopic (exact) mass is 301 g/mol. The maximum atomic E-state index is 13.6. The lowest BCUT2D eigenvalue weighted by molar-refractivity contribution is 0.557. The number of hydrogen-bond acceptors (Lipinski definition) is 5. The molecule has 0 aliphatic rings. The van der Waals surface area contributed by atoms with Crippen molar-refractivity contribution in [1.29, 1.82) is 0 Å². The summed E-state index contributed by atoms with van der Waals surface area (Å²) in [5.41, 5.74) is 7.94. The Morgan fingerprint density at radius 2 is 2.21 bits per heavy atom. The zero-order chi connectivity index (χ0) is 14.0. The van der Waals surface area contributed by atoms with Gasteiger partial charge in [-0.1, -0.05) is 0 Å². The summed E-state index contributed by atoms with van der Waals surface area (Å²) < 4.78 is 39.8. The van der Waals surface area contributed by atoms with E-state index in [1.165, 1.54) is 17.4 Å². The van der Waals surface area contributed by atoms with Crippen LogP contribution in [0.2, 0.25) is 0 Å². The number of nitrogens with zero attached hydrogens (tertiary/aromatic N) is 1. The molecule has 0 aliphatic heterocycles. The second kappa shape index (κ2) is 5.24. The summed E-state index contributed by atoms with van der Waals surface area (Å²) in [5.74, 6) is -0.867. The molecule has 3 N–H and O–H groups in total. The van der Waals surface area contributed by atoms with Crippen LogP contribution in [0, 0.1) is 12.7 Å². The van der Waals surface area contributed by atoms with Crippen LogP contribution in [0.15, 0.2) is 28.6 Å². The number of hydrogen-bond donors (Lipinski definition) is 2. The van der Waals surface area contributed by atoms with Crippen molar-refractivity contribution >= 4 is 27.0 Å². The van der Waals surface area contributed by atoms with Crippen LogP contribution in [0.1, 0.15) is 10.6 Å². The zero-order valence-electron chi connectivity index (χ0n) is 10.1. The van der Waals surface area contributed by atoms with Gasteiger partial charge in [0.15, 0.2) is 0 Å². The quantitative estimate of drug-likeness (QED) is 0.841. The van der Waals surface area contributed by atoms with Gasteiger partial charge in [-0.25, -0.2) is 22.5 Å². The van der Waals surface area contributed by atoms with Crippen molar-refractivity contribution in [2.24, 2.45) is 0 Å². The Kier molecular flexibility index (Phi) is 3.83. The van der Waals surface area contributed by atoms with Crippen molar-refractivity contribution in [1.82, 2.24) is 9.71 Å². The van der Waals surface area contributed by atoms with Crippen molar-refractivity contribution < 1.29 is 12.8 Å². The van der Waals surface area contributed by atoms with E-state index in [0.717, 1.165) is 22.7 Å². The fourth-order valence-electron chi connectivity index (χ4n) is 1.47. The third-order valence-electron chi connectivity index (χ3n) is 2.51. The molecule has 0 radical (unpaired) electrons. The first kappa shape index (κ1) is 13.9. The minimum atomic E-state index is -3.90. The highest BCUT2D eigenvalue weighted by atomic mass is 32.2. The number of nitrogens with two attached hydrogens (primary N) is 1. The van der Waals surface area contributed by atoms with E-state index in [1.807, 2.05) is 0 Å². The average molecular weight is 301 g/mol. The zero-order valence-corrected chi connectivity index (χ0v) is 11.7. The highest BCUT2D eigenvalue weighted by Crippen LogP contribution is 2.18. The SMILES string of the molecule is Cc1ncsc1CNS(=O)(=O)c1ccc(N)cc1F. The molecule has 1 aromatic carbocycles. The fourth-order valence-corrected chi connectivity index (χ4v) is 3.33. The van der Waals surface area contributed by atoms with Crippen molar-refractivity contribution in [3.05, 3.63) is 40.1 Å². The molecule has 102 valence electrons. The van der Waals surface area contributed by atoms with E-state index >= 15 is 0 Å². The van der Waals surface area contributed by atoms with E-state index in [9.17, 15) is 12.8 Å². The molecule has 1 heterocycles. The maximum Gasteiger partial charge on any atom is 0.243 e. The molecule has 5 nitrogen and oxygen atoms in total. The smallest absolute Gasteiger partial charge is 0.243 e. The third kappa shape index (κ3) is 3.09. The van der Waals surface area contributed by atoms with Gasteiger partial charge in [0.2, 0.25) is 10.0 Å². The second-order valence-corrected chi connectivity index (χ2v) is 6.55. The summed E-state index contributed by atoms with van der Waals surface area (Å²) in [5, 5.41) is 0. The average Bonchev–Trinajstić information content (AvgIpc) is 2.72. The van der Waals surface area contributed by atoms with Gasteiger partial charge in [0.05, 0.1) is 11.2 Å². The van der Waals surface area contributed by atoms with E-state index < -0.39 is 20.7 Å². The Labute approximate surface area is 114 Å². The molecule has 0 saturated heterocycles. The molecular weight excluding hydrogens is 289 g/mol. The number of nitrogen functional groups attached to an aromatic ring is 1. The first-order valence-electron chi connectivity index (χ1n) is 5.34. The van der Waals surface area contributed by atoms with Crippen LogP contribution in [-0.4, -0.2) is 13.4 Å². The van der Waals surface area contributed by atoms with Gasteiger partial charge in [0.25, 0.3) is 0 Å². The molecule has 2 rings (SSSR count). The van der Waals surface area contributed by atoms with Crippen LogP contribution in [0.4, 0.5) is 10.1 Å². The fraction of sp³-hybridized carbons (Fsp3) is 0.182. The van der Waals surface area contributed by atoms with Crippen LogP contribution >= 0.6 is 11.3 Å². The topological polar surface area (TPSA) is 85.1 Å². The molecule has 0 bridgehead atoms. The summed E-state index contributed by atoms with van der Waals surface area (Å²) in [6.45, 7) is 1.87. The minimum absolute atomic E-state index is 0.0860. The Balaban J connectivity index is 2.21. The first-order chi connectivity index (χ1) is 8.90. The van der Waals surface area contributed by atoms with Crippen LogP contribution in [0.3, 0.4) is 0 Å². The third-order valence-corrected chi connectivity index (χ3v) is 4.88. The molecule has 0 spiro atoms. The normalized spacial score (nSPS) is 11.7. The van der Waals surface area contributed by atoms with Gasteiger partial charge in [-0.05, 0) is 25.1 Å². The Bertz CT molecular complexity index is 698. The van der Waals surface area contributed by atoms with Crippen LogP contribution in [-0.2, 0) is 16.6 Å². The molecule has 0 aliphatic carbocycles. The number of rotatable bonds is 4. The van der Waals surface area contributed by atoms with Gasteiger partial charge in [-0.3, -0.25) is 0 Å². The molecular formula is C11H12FN3O2S2. The van der Waals surface area contributed by atoms with E-state index in [4.69, 9.17) is 5.73 Å². The lowest BCUT2D eigenvalue weighted by Gasteiger charge is -2.07. The van der Waals surface area contributed by atoms with Gasteiger partial charge in [-0.2, -0.15) is 0 Å². The summed E-state index contributed by atoms with van der Waals surface area (Å²) in [4.78, 5) is 4.39. The minimum Gasteiger partial charge on any atom is -0.399 e. The van der Waals surface area contributed by atoms with Crippen molar-refractivity contribution in [3.8, 4) is 0 Å². The van der Waals surface area contributed by atoms with E-state index in [-0.39, 0.29) is 12.2 Å². The van der Waals surface area contributed by atoms with Gasteiger partial charge in [0.1, 0.15) is 10.7 Å². The number of halogens is 1. The number of anilines is 1. The van der Waals surface area contributed by atoms with Crippen LogP contribution < -0.4 is 10.5 Å². The highest BCUT2D eigenvalue weighted by molar-refractivity contribution is 7.89. The van der Waals surface area contributed by atoms with Gasteiger partial charge in [0, 0.05) is 17.1 Å². The lowest BCUT2D eigenvalue weighted by Crippen LogP contribution is -2.24. The molecule has 0 saturated carbocycles. The van der Waals surface area contributed by atoms with Gasteiger partial charge in [-0.15, -0.1) is 11.3 Å². The maximum absolute atomic E-state index is 13.6. The van der Waals surface area contributed by atoms with Gasteiger partial charge < -0.3 is 5.73 Å². The van der Waals surface area contributed by atoms with Crippen molar-refractivity contribution in [3.63, 3.8) is 0 Å². The second-order valence-electron chi connectivity index (χ2n) is 3.88. The number of nitrogens with one attached hydrogen (secondary N) is 1. The first-order valence-corrected chi connectivity index (χ1v) is 7.70. The lowest BCUT2D eigenvalue weighted by atomic mass is 10.3. The number of sulfonamides is 1. The molecule has 0 amide bonds. The van der Waals surface area contributed by atoms with E-state index in [1.54, 1.807) is 12.4 Å². The van der Waals surface area contributed by atoms with Crippen molar-refractivity contribution in [2.45, 2.75) is 18.4 Å². The van der Waals surface area contributed by atoms with Crippen molar-refractivity contribution in [2.75, 3.05) is 5.73 Å². The molecule has 8 heteroatoms. The number of aromatic nitrogens is 1. The summed E-state index contributed by atoms with van der Waals surface area (Å²) in [6, 6.07) is 3.47.